The molecule has 0 fully saturated rings. The Morgan fingerprint density at radius 2 is 1.73 bits per heavy atom. The van der Waals surface area contributed by atoms with E-state index in [9.17, 15) is 4.79 Å². The molecule has 0 radical (unpaired) electrons. The number of aromatic nitrogens is 5. The summed E-state index contributed by atoms with van der Waals surface area (Å²) in [7, 11) is 0. The predicted molar refractivity (Wildman–Crippen MR) is 110 cm³/mol. The SMILES string of the molecule is C=C(NNC(=O)c1nnn(-c2nonc2N)c1-c1ccccc1)c1ccc(N)cc1. The third-order valence-electron chi connectivity index (χ3n) is 4.21. The molecule has 11 heteroatoms. The molecule has 0 atom stereocenters. The number of nitrogens with zero attached hydrogens (tertiary/aromatic N) is 5. The Morgan fingerprint density at radius 1 is 1.00 bits per heavy atom. The van der Waals surface area contributed by atoms with Crippen molar-refractivity contribution in [3.8, 4) is 17.1 Å². The van der Waals surface area contributed by atoms with Gasteiger partial charge in [-0.3, -0.25) is 15.6 Å². The number of anilines is 2. The minimum Gasteiger partial charge on any atom is -0.399 e. The monoisotopic (exact) mass is 403 g/mol. The van der Waals surface area contributed by atoms with Crippen molar-refractivity contribution < 1.29 is 9.42 Å². The summed E-state index contributed by atoms with van der Waals surface area (Å²) in [6.45, 7) is 3.90. The molecular formula is C19H17N9O2. The van der Waals surface area contributed by atoms with Gasteiger partial charge in [0.05, 0.1) is 5.70 Å². The van der Waals surface area contributed by atoms with Crippen LogP contribution in [-0.4, -0.2) is 31.2 Å². The molecule has 1 amide bonds. The third kappa shape index (κ3) is 3.54. The van der Waals surface area contributed by atoms with E-state index in [-0.39, 0.29) is 17.3 Å². The lowest BCUT2D eigenvalue weighted by Crippen LogP contribution is -2.36. The Kier molecular flexibility index (Phi) is 4.83. The summed E-state index contributed by atoms with van der Waals surface area (Å²) < 4.78 is 5.95. The number of nitrogens with two attached hydrogens (primary N) is 2. The zero-order chi connectivity index (χ0) is 21.1. The first kappa shape index (κ1) is 18.7. The fourth-order valence-corrected chi connectivity index (χ4v) is 2.72. The van der Waals surface area contributed by atoms with Crippen molar-refractivity contribution in [1.82, 2.24) is 36.2 Å². The highest BCUT2D eigenvalue weighted by Crippen LogP contribution is 2.26. The number of rotatable bonds is 6. The summed E-state index contributed by atoms with van der Waals surface area (Å²) in [5, 5.41) is 15.3. The number of carbonyl (C=O) groups is 1. The van der Waals surface area contributed by atoms with Crippen molar-refractivity contribution in [3.05, 3.63) is 72.4 Å². The van der Waals surface area contributed by atoms with E-state index in [1.165, 1.54) is 4.68 Å². The van der Waals surface area contributed by atoms with Gasteiger partial charge in [-0.25, -0.2) is 4.63 Å². The third-order valence-corrected chi connectivity index (χ3v) is 4.21. The van der Waals surface area contributed by atoms with E-state index >= 15 is 0 Å². The van der Waals surface area contributed by atoms with E-state index in [0.29, 0.717) is 22.6 Å². The summed E-state index contributed by atoms with van der Waals surface area (Å²) in [4.78, 5) is 12.9. The summed E-state index contributed by atoms with van der Waals surface area (Å²) >= 11 is 0. The predicted octanol–water partition coefficient (Wildman–Crippen LogP) is 1.39. The average molecular weight is 403 g/mol. The van der Waals surface area contributed by atoms with Crippen LogP contribution in [-0.2, 0) is 0 Å². The molecule has 30 heavy (non-hydrogen) atoms. The largest absolute Gasteiger partial charge is 0.399 e. The standard InChI is InChI=1S/C19H17N9O2/c1-11(12-7-9-14(20)10-8-12)22-24-19(29)15-16(13-5-3-2-4-6-13)28(27-23-15)18-17(21)25-30-26-18/h2-10,22H,1,20H2,(H2,21,25)(H,24,29). The number of hydrogen-bond acceptors (Lipinski definition) is 9. The summed E-state index contributed by atoms with van der Waals surface area (Å²) in [5.74, 6) is -0.398. The van der Waals surface area contributed by atoms with Crippen molar-refractivity contribution in [2.24, 2.45) is 0 Å². The van der Waals surface area contributed by atoms with Crippen LogP contribution >= 0.6 is 0 Å². The molecule has 0 bridgehead atoms. The molecule has 2 heterocycles. The first-order valence-electron chi connectivity index (χ1n) is 8.75. The smallest absolute Gasteiger partial charge is 0.292 e. The van der Waals surface area contributed by atoms with Crippen molar-refractivity contribution in [2.45, 2.75) is 0 Å². The van der Waals surface area contributed by atoms with Gasteiger partial charge in [-0.1, -0.05) is 54.3 Å². The van der Waals surface area contributed by atoms with Gasteiger partial charge in [-0.2, -0.15) is 4.68 Å². The molecule has 0 aliphatic rings. The van der Waals surface area contributed by atoms with Crippen LogP contribution in [0.1, 0.15) is 16.1 Å². The molecule has 4 aromatic rings. The normalized spacial score (nSPS) is 10.5. The Bertz CT molecular complexity index is 1200. The topological polar surface area (TPSA) is 163 Å². The highest BCUT2D eigenvalue weighted by atomic mass is 16.6. The fraction of sp³-hybridized carbons (Fsp3) is 0. The number of hydrazine groups is 1. The molecule has 0 spiro atoms. The number of nitrogen functional groups attached to an aromatic ring is 2. The Morgan fingerprint density at radius 3 is 2.40 bits per heavy atom. The van der Waals surface area contributed by atoms with Crippen molar-refractivity contribution >= 4 is 23.1 Å². The van der Waals surface area contributed by atoms with Gasteiger partial charge in [0.15, 0.2) is 5.69 Å². The van der Waals surface area contributed by atoms with Crippen LogP contribution in [0.25, 0.3) is 22.8 Å². The van der Waals surface area contributed by atoms with Gasteiger partial charge in [0.1, 0.15) is 5.69 Å². The molecule has 0 aliphatic carbocycles. The Balaban J connectivity index is 1.63. The van der Waals surface area contributed by atoms with E-state index in [1.807, 2.05) is 18.2 Å². The van der Waals surface area contributed by atoms with Crippen LogP contribution in [0.15, 0.2) is 65.8 Å². The summed E-state index contributed by atoms with van der Waals surface area (Å²) in [6.07, 6.45) is 0. The summed E-state index contributed by atoms with van der Waals surface area (Å²) in [6, 6.07) is 16.1. The van der Waals surface area contributed by atoms with E-state index in [1.54, 1.807) is 36.4 Å². The van der Waals surface area contributed by atoms with Gasteiger partial charge in [0, 0.05) is 11.3 Å². The maximum Gasteiger partial charge on any atom is 0.292 e. The van der Waals surface area contributed by atoms with Crippen LogP contribution in [0, 0.1) is 0 Å². The lowest BCUT2D eigenvalue weighted by Gasteiger charge is -2.11. The Labute approximate surface area is 170 Å². The maximum absolute atomic E-state index is 12.9. The second-order valence-electron chi connectivity index (χ2n) is 6.22. The van der Waals surface area contributed by atoms with Crippen LogP contribution in [0.3, 0.4) is 0 Å². The number of carbonyl (C=O) groups excluding carboxylic acids is 1. The average Bonchev–Trinajstić information content (AvgIpc) is 3.38. The molecule has 0 unspecified atom stereocenters. The molecule has 2 aromatic carbocycles. The highest BCUT2D eigenvalue weighted by molar-refractivity contribution is 5.98. The molecule has 4 rings (SSSR count). The first-order valence-corrected chi connectivity index (χ1v) is 8.75. The second kappa shape index (κ2) is 7.75. The molecule has 0 aliphatic heterocycles. The molecule has 6 N–H and O–H groups in total. The van der Waals surface area contributed by atoms with E-state index in [2.05, 4.69) is 42.7 Å². The van der Waals surface area contributed by atoms with Crippen LogP contribution in [0.2, 0.25) is 0 Å². The lowest BCUT2D eigenvalue weighted by molar-refractivity contribution is 0.0938. The van der Waals surface area contributed by atoms with Crippen LogP contribution in [0.5, 0.6) is 0 Å². The second-order valence-corrected chi connectivity index (χ2v) is 6.22. The molecule has 2 aromatic heterocycles. The molecule has 0 saturated heterocycles. The molecule has 0 saturated carbocycles. The quantitative estimate of drug-likeness (QED) is 0.275. The Hall–Kier alpha value is -4.67. The molecular weight excluding hydrogens is 386 g/mol. The minimum atomic E-state index is -0.535. The number of hydrogen-bond donors (Lipinski definition) is 4. The van der Waals surface area contributed by atoms with E-state index in [4.69, 9.17) is 11.5 Å². The zero-order valence-corrected chi connectivity index (χ0v) is 15.6. The van der Waals surface area contributed by atoms with Gasteiger partial charge in [-0.15, -0.1) is 5.10 Å². The number of amides is 1. The number of benzene rings is 2. The van der Waals surface area contributed by atoms with Gasteiger partial charge >= 0.3 is 0 Å². The maximum atomic E-state index is 12.9. The van der Waals surface area contributed by atoms with Crippen LogP contribution < -0.4 is 22.3 Å². The van der Waals surface area contributed by atoms with Gasteiger partial charge < -0.3 is 11.5 Å². The van der Waals surface area contributed by atoms with E-state index in [0.717, 1.165) is 5.56 Å². The van der Waals surface area contributed by atoms with Crippen LogP contribution in [0.4, 0.5) is 11.5 Å². The van der Waals surface area contributed by atoms with Gasteiger partial charge in [0.25, 0.3) is 5.91 Å². The van der Waals surface area contributed by atoms with Crippen molar-refractivity contribution in [2.75, 3.05) is 11.5 Å². The molecule has 11 nitrogen and oxygen atoms in total. The van der Waals surface area contributed by atoms with E-state index < -0.39 is 5.91 Å². The van der Waals surface area contributed by atoms with Gasteiger partial charge in [-0.05, 0) is 28.0 Å². The fourth-order valence-electron chi connectivity index (χ4n) is 2.72. The van der Waals surface area contributed by atoms with Crippen molar-refractivity contribution in [3.63, 3.8) is 0 Å². The number of nitrogens with one attached hydrogen (secondary N) is 2. The summed E-state index contributed by atoms with van der Waals surface area (Å²) in [5.41, 5.74) is 19.8. The van der Waals surface area contributed by atoms with Crippen molar-refractivity contribution in [1.29, 1.82) is 0 Å². The lowest BCUT2D eigenvalue weighted by atomic mass is 10.1. The molecule has 150 valence electrons. The minimum absolute atomic E-state index is 0.0129. The first-order chi connectivity index (χ1) is 14.5. The zero-order valence-electron chi connectivity index (χ0n) is 15.6. The highest BCUT2D eigenvalue weighted by Gasteiger charge is 2.25. The van der Waals surface area contributed by atoms with Gasteiger partial charge in [0.2, 0.25) is 11.6 Å².